The fourth-order valence-electron chi connectivity index (χ4n) is 6.12. The molecule has 6 heteroatoms. The number of carbonyl (C=O) groups is 2. The summed E-state index contributed by atoms with van der Waals surface area (Å²) in [5.41, 5.74) is 0.752. The molecule has 6 nitrogen and oxygen atoms in total. The van der Waals surface area contributed by atoms with E-state index in [4.69, 9.17) is 5.26 Å². The van der Waals surface area contributed by atoms with Gasteiger partial charge in [-0.05, 0) is 93.9 Å². The van der Waals surface area contributed by atoms with E-state index in [-0.39, 0.29) is 52.5 Å². The molecule has 0 radical (unpaired) electrons. The third-order valence-corrected chi connectivity index (χ3v) is 8.03. The third-order valence-electron chi connectivity index (χ3n) is 8.03. The van der Waals surface area contributed by atoms with Gasteiger partial charge >= 0.3 is 0 Å². The maximum absolute atomic E-state index is 12.9. The van der Waals surface area contributed by atoms with Crippen LogP contribution >= 0.6 is 0 Å². The molecule has 2 aliphatic rings. The van der Waals surface area contributed by atoms with E-state index in [2.05, 4.69) is 30.6 Å². The molecule has 2 aliphatic carbocycles. The summed E-state index contributed by atoms with van der Waals surface area (Å²) in [6.07, 6.45) is 3.03. The molecule has 0 saturated heterocycles. The second kappa shape index (κ2) is 9.46. The molecule has 2 fully saturated rings. The Morgan fingerprint density at radius 2 is 1.79 bits per heavy atom. The summed E-state index contributed by atoms with van der Waals surface area (Å²) in [4.78, 5) is 25.7. The average molecular weight is 454 g/mol. The second-order valence-corrected chi connectivity index (χ2v) is 11.6. The number of hydrogen-bond acceptors (Lipinski definition) is 4. The summed E-state index contributed by atoms with van der Waals surface area (Å²) in [5, 5.41) is 26.7. The van der Waals surface area contributed by atoms with Crippen molar-refractivity contribution in [3.05, 3.63) is 35.4 Å². The van der Waals surface area contributed by atoms with Crippen molar-refractivity contribution < 1.29 is 14.7 Å². The van der Waals surface area contributed by atoms with Crippen LogP contribution in [0.25, 0.3) is 0 Å². The number of rotatable bonds is 4. The number of hydrogen-bond donors (Lipinski definition) is 3. The first-order valence-electron chi connectivity index (χ1n) is 12.2. The van der Waals surface area contributed by atoms with Crippen LogP contribution in [0.4, 0.5) is 0 Å². The van der Waals surface area contributed by atoms with Crippen molar-refractivity contribution in [3.8, 4) is 6.07 Å². The number of nitrogens with one attached hydrogen (secondary N) is 2. The van der Waals surface area contributed by atoms with Gasteiger partial charge in [0.1, 0.15) is 0 Å². The number of carbonyl (C=O) groups excluding carboxylic acids is 2. The van der Waals surface area contributed by atoms with Gasteiger partial charge in [0.25, 0.3) is 5.91 Å². The van der Waals surface area contributed by atoms with E-state index in [0.717, 1.165) is 25.7 Å². The number of amides is 2. The summed E-state index contributed by atoms with van der Waals surface area (Å²) >= 11 is 0. The molecule has 7 atom stereocenters. The Bertz CT molecular complexity index is 914. The van der Waals surface area contributed by atoms with Gasteiger partial charge in [-0.15, -0.1) is 0 Å². The van der Waals surface area contributed by atoms with Crippen molar-refractivity contribution in [2.24, 2.45) is 29.1 Å². The van der Waals surface area contributed by atoms with Crippen LogP contribution in [-0.2, 0) is 4.79 Å². The predicted octanol–water partition coefficient (Wildman–Crippen LogP) is 4.03. The lowest BCUT2D eigenvalue weighted by Crippen LogP contribution is -2.59. The van der Waals surface area contributed by atoms with Crippen LogP contribution in [0.15, 0.2) is 24.3 Å². The zero-order valence-corrected chi connectivity index (χ0v) is 20.8. The first-order chi connectivity index (χ1) is 15.4. The molecule has 3 rings (SSSR count). The van der Waals surface area contributed by atoms with Gasteiger partial charge in [0.2, 0.25) is 5.91 Å². The molecule has 0 bridgehead atoms. The molecule has 0 spiro atoms. The van der Waals surface area contributed by atoms with Gasteiger partial charge in [0, 0.05) is 23.1 Å². The highest BCUT2D eigenvalue weighted by molar-refractivity contribution is 5.94. The average Bonchev–Trinajstić information content (AvgIpc) is 2.74. The summed E-state index contributed by atoms with van der Waals surface area (Å²) < 4.78 is 0. The van der Waals surface area contributed by atoms with Crippen LogP contribution in [0.3, 0.4) is 0 Å². The van der Waals surface area contributed by atoms with Crippen molar-refractivity contribution in [2.75, 3.05) is 0 Å². The monoisotopic (exact) mass is 453 g/mol. The fraction of sp³-hybridized carbons (Fsp3) is 0.667. The summed E-state index contributed by atoms with van der Waals surface area (Å²) in [5.74, 6) is -0.433. The molecule has 180 valence electrons. The Morgan fingerprint density at radius 1 is 1.18 bits per heavy atom. The highest BCUT2D eigenvalue weighted by atomic mass is 16.3. The van der Waals surface area contributed by atoms with E-state index >= 15 is 0 Å². The number of aliphatic hydroxyl groups is 1. The highest BCUT2D eigenvalue weighted by Crippen LogP contribution is 2.55. The molecule has 1 unspecified atom stereocenters. The molecule has 0 aromatic heterocycles. The van der Waals surface area contributed by atoms with E-state index in [1.807, 2.05) is 27.7 Å². The van der Waals surface area contributed by atoms with E-state index in [1.54, 1.807) is 24.3 Å². The molecule has 33 heavy (non-hydrogen) atoms. The Kier molecular flexibility index (Phi) is 7.24. The standard InChI is InChI=1S/C27H39N3O3/c1-16(24(32)30-26(3,4)5)20-11-13-27(6)14-12-21(17(2)22(27)23(20)31)29-25(33)19-9-7-18(15-28)8-10-19/h7-10,16-17,20-23,31H,11-14H2,1-6H3,(H,29,33)(H,30,32)/t16-,17+,20?,21-,22+,23-,27-/m0/s1. The topological polar surface area (TPSA) is 102 Å². The zero-order valence-electron chi connectivity index (χ0n) is 20.8. The number of benzene rings is 1. The van der Waals surface area contributed by atoms with Gasteiger partial charge in [-0.3, -0.25) is 9.59 Å². The lowest BCUT2D eigenvalue weighted by Gasteiger charge is -2.56. The van der Waals surface area contributed by atoms with E-state index in [1.165, 1.54) is 0 Å². The fourth-order valence-corrected chi connectivity index (χ4v) is 6.12. The molecule has 0 heterocycles. The summed E-state index contributed by atoms with van der Waals surface area (Å²) in [6.45, 7) is 12.2. The SMILES string of the molecule is C[C@H]1[C@@H]2[C@@H](O)C([C@H](C)C(=O)NC(C)(C)C)CC[C@@]2(C)CC[C@@H]1NC(=O)c1ccc(C#N)cc1. The second-order valence-electron chi connectivity index (χ2n) is 11.6. The minimum Gasteiger partial charge on any atom is -0.392 e. The first kappa shape index (κ1) is 25.2. The van der Waals surface area contributed by atoms with Gasteiger partial charge in [0.05, 0.1) is 17.7 Å². The maximum Gasteiger partial charge on any atom is 0.251 e. The van der Waals surface area contributed by atoms with Gasteiger partial charge in [-0.2, -0.15) is 5.26 Å². The summed E-state index contributed by atoms with van der Waals surface area (Å²) in [6, 6.07) is 8.67. The Labute approximate surface area is 198 Å². The minimum atomic E-state index is -0.589. The molecular weight excluding hydrogens is 414 g/mol. The quantitative estimate of drug-likeness (QED) is 0.640. The largest absolute Gasteiger partial charge is 0.392 e. The molecular formula is C27H39N3O3. The number of aliphatic hydroxyl groups excluding tert-OH is 1. The van der Waals surface area contributed by atoms with Crippen molar-refractivity contribution in [2.45, 2.75) is 84.9 Å². The van der Waals surface area contributed by atoms with Crippen molar-refractivity contribution in [1.82, 2.24) is 10.6 Å². The third kappa shape index (κ3) is 5.41. The zero-order chi connectivity index (χ0) is 24.6. The van der Waals surface area contributed by atoms with Crippen LogP contribution in [0.1, 0.15) is 83.1 Å². The Hall–Kier alpha value is -2.39. The van der Waals surface area contributed by atoms with Gasteiger partial charge in [-0.25, -0.2) is 0 Å². The van der Waals surface area contributed by atoms with Crippen LogP contribution in [0.2, 0.25) is 0 Å². The van der Waals surface area contributed by atoms with Crippen molar-refractivity contribution in [1.29, 1.82) is 5.26 Å². The van der Waals surface area contributed by atoms with Crippen molar-refractivity contribution >= 4 is 11.8 Å². The molecule has 1 aromatic carbocycles. The Morgan fingerprint density at radius 3 is 2.36 bits per heavy atom. The van der Waals surface area contributed by atoms with Crippen LogP contribution in [0.5, 0.6) is 0 Å². The highest BCUT2D eigenvalue weighted by Gasteiger charge is 2.54. The van der Waals surface area contributed by atoms with E-state index in [9.17, 15) is 14.7 Å². The molecule has 2 saturated carbocycles. The molecule has 2 amide bonds. The molecule has 0 aliphatic heterocycles. The van der Waals surface area contributed by atoms with Crippen molar-refractivity contribution in [3.63, 3.8) is 0 Å². The van der Waals surface area contributed by atoms with E-state index < -0.39 is 6.10 Å². The van der Waals surface area contributed by atoms with Gasteiger partial charge in [0.15, 0.2) is 0 Å². The van der Waals surface area contributed by atoms with Gasteiger partial charge in [-0.1, -0.05) is 20.8 Å². The maximum atomic E-state index is 12.9. The first-order valence-corrected chi connectivity index (χ1v) is 12.2. The van der Waals surface area contributed by atoms with Crippen LogP contribution in [0, 0.1) is 40.4 Å². The normalized spacial score (nSPS) is 32.7. The van der Waals surface area contributed by atoms with Crippen LogP contribution < -0.4 is 10.6 Å². The molecule has 3 N–H and O–H groups in total. The summed E-state index contributed by atoms with van der Waals surface area (Å²) in [7, 11) is 0. The number of fused-ring (bicyclic) bond motifs is 1. The number of nitrogens with zero attached hydrogens (tertiary/aromatic N) is 1. The molecule has 1 aromatic rings. The Balaban J connectivity index is 1.73. The minimum absolute atomic E-state index is 0.00519. The smallest absolute Gasteiger partial charge is 0.251 e. The lowest BCUT2D eigenvalue weighted by atomic mass is 9.51. The lowest BCUT2D eigenvalue weighted by molar-refractivity contribution is -0.143. The van der Waals surface area contributed by atoms with Crippen LogP contribution in [-0.4, -0.2) is 34.6 Å². The van der Waals surface area contributed by atoms with E-state index in [0.29, 0.717) is 11.1 Å². The number of nitriles is 1. The predicted molar refractivity (Wildman–Crippen MR) is 128 cm³/mol. The van der Waals surface area contributed by atoms with Gasteiger partial charge < -0.3 is 15.7 Å².